The van der Waals surface area contributed by atoms with E-state index in [1.54, 1.807) is 105 Å². The Balaban J connectivity index is 0.897. The van der Waals surface area contributed by atoms with E-state index in [2.05, 4.69) is 146 Å². The van der Waals surface area contributed by atoms with Crippen LogP contribution in [0.1, 0.15) is 144 Å². The van der Waals surface area contributed by atoms with Gasteiger partial charge in [-0.1, -0.05) is 128 Å². The van der Waals surface area contributed by atoms with Crippen molar-refractivity contribution in [3.8, 4) is 0 Å². The Hall–Kier alpha value is -6.50. The zero-order valence-electron chi connectivity index (χ0n) is 44.5. The van der Waals surface area contributed by atoms with E-state index in [1.807, 2.05) is 0 Å². The molecule has 0 radical (unpaired) electrons. The topological polar surface area (TPSA) is 0 Å². The van der Waals surface area contributed by atoms with Gasteiger partial charge >= 0.3 is 0 Å². The van der Waals surface area contributed by atoms with Gasteiger partial charge < -0.3 is 0 Å². The molecule has 0 fully saturated rings. The summed E-state index contributed by atoms with van der Waals surface area (Å²) in [6.07, 6.45) is 74.3. The normalized spacial score (nSPS) is 29.4. The second-order valence-electron chi connectivity index (χ2n) is 25.1. The highest BCUT2D eigenvalue weighted by Crippen LogP contribution is 2.53. The molecule has 0 N–H and O–H groups in total. The van der Waals surface area contributed by atoms with Crippen LogP contribution in [0.3, 0.4) is 0 Å². The van der Waals surface area contributed by atoms with Gasteiger partial charge in [0.15, 0.2) is 0 Å². The first-order valence-corrected chi connectivity index (χ1v) is 30.3. The lowest BCUT2D eigenvalue weighted by atomic mass is 9.63. The van der Waals surface area contributed by atoms with E-state index in [0.717, 1.165) is 38.5 Å². The summed E-state index contributed by atoms with van der Waals surface area (Å²) < 4.78 is 0. The second kappa shape index (κ2) is 17.5. The minimum atomic E-state index is 0.288. The largest absolute Gasteiger partial charge is 0.0839 e. The van der Waals surface area contributed by atoms with Crippen molar-refractivity contribution >= 4 is 39.3 Å². The average Bonchev–Trinajstić information content (AvgIpc) is 3.49. The zero-order valence-corrected chi connectivity index (χ0v) is 44.5. The maximum atomic E-state index is 2.84. The van der Waals surface area contributed by atoms with Crippen molar-refractivity contribution in [2.45, 2.75) is 134 Å². The maximum Gasteiger partial charge on any atom is 0.0128 e. The Kier molecular flexibility index (Phi) is 10.3. The molecule has 0 nitrogen and oxygen atoms in total. The summed E-state index contributed by atoms with van der Waals surface area (Å²) >= 11 is 0. The van der Waals surface area contributed by atoms with Gasteiger partial charge in [0.05, 0.1) is 0 Å². The standard InChI is InChI=1S/C76H70/c1-5-17-55-45(13-1)29-33-67-59(21-9-25-63(55)67)49-37-53-38-50(60-22-10-26-64-56-18-6-2-14-46(56)30-34-68(60)64)43-73-74-44-52(62-24-12-28-66-58-20-8-4-16-48(58)32-36-70(62)66)40-54-39-51(42-72(76(54)74)71(41-49)75(53)73)61-23-11-27-65-57-19-7-3-15-47(57)31-35-69(61)65/h1-4,9,12-16,21-25,28-29,33,37-42,50,52,59,62,67,70H,5-8,10-11,17-20,26-27,30-32,34-36,43-44H2. The molecule has 0 amide bonds. The third kappa shape index (κ3) is 6.80. The Morgan fingerprint density at radius 1 is 0.421 bits per heavy atom. The van der Waals surface area contributed by atoms with Crippen LogP contribution >= 0.6 is 0 Å². The SMILES string of the molecule is C1=CC(c2cc3c4c(c5c6c(cc(C7=CCCC8=C7CCC7=C8CCC=C7)cc6c4c2)=CC(C2C=CC=C4C6=C(C=CCC6)CCC42)C5)CC(C2=CCCC4=C2CCC2=C4CCC=C2)C=3)C2C=CC3=C(CCC=C3)C2=C1. The maximum absolute atomic E-state index is 2.84. The molecule has 0 heteroatoms. The van der Waals surface area contributed by atoms with Gasteiger partial charge in [-0.2, -0.15) is 0 Å². The fourth-order valence-electron chi connectivity index (χ4n) is 18.3. The highest BCUT2D eigenvalue weighted by atomic mass is 14.4. The van der Waals surface area contributed by atoms with Gasteiger partial charge in [0.2, 0.25) is 0 Å². The summed E-state index contributed by atoms with van der Waals surface area (Å²) in [5.74, 6) is 2.54. The molecule has 3 aromatic carbocycles. The molecule has 374 valence electrons. The lowest BCUT2D eigenvalue weighted by Gasteiger charge is -2.41. The van der Waals surface area contributed by atoms with E-state index in [1.165, 1.54) is 128 Å². The van der Waals surface area contributed by atoms with Crippen LogP contribution in [-0.2, 0) is 12.8 Å². The first-order chi connectivity index (χ1) is 37.7. The van der Waals surface area contributed by atoms with Crippen LogP contribution in [-0.4, -0.2) is 0 Å². The van der Waals surface area contributed by atoms with Gasteiger partial charge in [0.1, 0.15) is 0 Å². The fourth-order valence-corrected chi connectivity index (χ4v) is 18.3. The Morgan fingerprint density at radius 2 is 1.08 bits per heavy atom. The molecule has 0 aliphatic heterocycles. The zero-order chi connectivity index (χ0) is 49.6. The van der Waals surface area contributed by atoms with Crippen molar-refractivity contribution in [1.29, 1.82) is 0 Å². The van der Waals surface area contributed by atoms with Gasteiger partial charge in [-0.25, -0.2) is 0 Å². The number of allylic oxidation sites excluding steroid dienone is 34. The van der Waals surface area contributed by atoms with Crippen LogP contribution in [0, 0.1) is 29.6 Å². The van der Waals surface area contributed by atoms with Crippen LogP contribution in [0.15, 0.2) is 217 Å². The molecule has 0 saturated carbocycles. The molecule has 17 rings (SSSR count). The Bertz CT molecular complexity index is 3930. The molecule has 0 aromatic heterocycles. The highest BCUT2D eigenvalue weighted by molar-refractivity contribution is 6.13. The van der Waals surface area contributed by atoms with Gasteiger partial charge in [0, 0.05) is 17.8 Å². The predicted octanol–water partition coefficient (Wildman–Crippen LogP) is 17.9. The molecular formula is C76H70. The van der Waals surface area contributed by atoms with Crippen molar-refractivity contribution in [2.24, 2.45) is 29.6 Å². The Morgan fingerprint density at radius 3 is 1.91 bits per heavy atom. The monoisotopic (exact) mass is 983 g/mol. The second-order valence-corrected chi connectivity index (χ2v) is 25.1. The summed E-state index contributed by atoms with van der Waals surface area (Å²) in [5, 5.41) is 9.18. The molecular weight excluding hydrogens is 913 g/mol. The van der Waals surface area contributed by atoms with Crippen molar-refractivity contribution in [3.05, 3.63) is 250 Å². The fraction of sp³-hybridized carbons (Fsp3) is 0.342. The molecule has 0 bridgehead atoms. The molecule has 76 heavy (non-hydrogen) atoms. The third-order valence-corrected chi connectivity index (χ3v) is 21.5. The quantitative estimate of drug-likeness (QED) is 0.229. The van der Waals surface area contributed by atoms with Crippen LogP contribution < -0.4 is 10.4 Å². The van der Waals surface area contributed by atoms with Crippen LogP contribution in [0.4, 0.5) is 0 Å². The molecule has 6 unspecified atom stereocenters. The number of hydrogen-bond acceptors (Lipinski definition) is 0. The van der Waals surface area contributed by atoms with E-state index in [0.29, 0.717) is 29.6 Å². The molecule has 14 aliphatic rings. The van der Waals surface area contributed by atoms with Gasteiger partial charge in [-0.3, -0.25) is 0 Å². The van der Waals surface area contributed by atoms with Crippen molar-refractivity contribution in [2.75, 3.05) is 0 Å². The minimum Gasteiger partial charge on any atom is -0.0839 e. The van der Waals surface area contributed by atoms with E-state index in [9.17, 15) is 0 Å². The van der Waals surface area contributed by atoms with Crippen molar-refractivity contribution in [1.82, 2.24) is 0 Å². The average molecular weight is 983 g/mol. The number of benzene rings is 3. The highest BCUT2D eigenvalue weighted by Gasteiger charge is 2.40. The van der Waals surface area contributed by atoms with Crippen LogP contribution in [0.5, 0.6) is 0 Å². The summed E-state index contributed by atoms with van der Waals surface area (Å²) in [7, 11) is 0. The molecule has 0 spiro atoms. The lowest BCUT2D eigenvalue weighted by Crippen LogP contribution is -2.33. The summed E-state index contributed by atoms with van der Waals surface area (Å²) in [5.41, 5.74) is 32.5. The molecule has 3 aromatic rings. The summed E-state index contributed by atoms with van der Waals surface area (Å²) in [6, 6.07) is 10.9. The van der Waals surface area contributed by atoms with Crippen molar-refractivity contribution in [3.63, 3.8) is 0 Å². The first kappa shape index (κ1) is 44.6. The molecule has 0 saturated heterocycles. The third-order valence-electron chi connectivity index (χ3n) is 21.5. The first-order valence-electron chi connectivity index (χ1n) is 30.3. The van der Waals surface area contributed by atoms with Gasteiger partial charge in [0.25, 0.3) is 0 Å². The van der Waals surface area contributed by atoms with E-state index in [-0.39, 0.29) is 5.92 Å². The lowest BCUT2D eigenvalue weighted by molar-refractivity contribution is 0.340. The number of rotatable bonds is 4. The number of fused-ring (bicyclic) bond motifs is 8. The van der Waals surface area contributed by atoms with Crippen LogP contribution in [0.2, 0.25) is 0 Å². The summed E-state index contributed by atoms with van der Waals surface area (Å²) in [4.78, 5) is 0. The smallest absolute Gasteiger partial charge is 0.0128 e. The van der Waals surface area contributed by atoms with E-state index < -0.39 is 0 Å². The van der Waals surface area contributed by atoms with E-state index in [4.69, 9.17) is 0 Å². The molecule has 0 heterocycles. The minimum absolute atomic E-state index is 0.288. The summed E-state index contributed by atoms with van der Waals surface area (Å²) in [6.45, 7) is 0. The van der Waals surface area contributed by atoms with Crippen LogP contribution in [0.25, 0.3) is 39.3 Å². The Labute approximate surface area is 450 Å². The molecule has 6 atom stereocenters. The molecule has 14 aliphatic carbocycles. The van der Waals surface area contributed by atoms with E-state index >= 15 is 0 Å². The predicted molar refractivity (Wildman–Crippen MR) is 319 cm³/mol. The van der Waals surface area contributed by atoms with Gasteiger partial charge in [-0.15, -0.1) is 0 Å². The van der Waals surface area contributed by atoms with Crippen molar-refractivity contribution < 1.29 is 0 Å². The number of hydrogen-bond donors (Lipinski definition) is 0. The van der Waals surface area contributed by atoms with Gasteiger partial charge in [-0.05, 0) is 308 Å².